The minimum Gasteiger partial charge on any atom is -0.491 e. The van der Waals surface area contributed by atoms with Crippen molar-refractivity contribution in [2.45, 2.75) is 65.3 Å². The third-order valence-electron chi connectivity index (χ3n) is 7.98. The van der Waals surface area contributed by atoms with Gasteiger partial charge in [-0.25, -0.2) is 19.7 Å². The summed E-state index contributed by atoms with van der Waals surface area (Å²) in [7, 11) is 0. The molecule has 0 amide bonds. The zero-order chi connectivity index (χ0) is 30.9. The second kappa shape index (κ2) is 14.9. The second-order valence-corrected chi connectivity index (χ2v) is 11.6. The number of aryl methyl sites for hydroxylation is 5. The molecule has 0 spiro atoms. The highest BCUT2D eigenvalue weighted by molar-refractivity contribution is 5.91. The van der Waals surface area contributed by atoms with Gasteiger partial charge in [0.25, 0.3) is 0 Å². The number of nitrogens with zero attached hydrogens (tertiary/aromatic N) is 5. The standard InChI is InChI=1S/C34H43N7O3/c1-23-9-14-29-31(21-23)37-25(3)38-33(29)40-30(34(42)43)15-18-41(19-20-44-28-13-10-24(2)36-22-28)17-5-4-8-27-12-11-26-7-6-16-35-32(26)39-27/h9-14,21-22,30H,4-8,15-20H2,1-3H3,(H,35,39)(H,42,43)(H,37,38,40)/t30-/m0/s1. The molecule has 5 rings (SSSR count). The number of rotatable bonds is 15. The average molecular weight is 598 g/mol. The van der Waals surface area contributed by atoms with E-state index in [1.165, 1.54) is 5.56 Å². The van der Waals surface area contributed by atoms with E-state index < -0.39 is 12.0 Å². The number of unbranched alkanes of at least 4 members (excludes halogenated alkanes) is 1. The predicted octanol–water partition coefficient (Wildman–Crippen LogP) is 5.36. The molecule has 10 heteroatoms. The number of aromatic nitrogens is 4. The Hall–Kier alpha value is -4.31. The number of carboxylic acids is 1. The molecule has 0 fully saturated rings. The van der Waals surface area contributed by atoms with Gasteiger partial charge >= 0.3 is 5.97 Å². The summed E-state index contributed by atoms with van der Waals surface area (Å²) in [5, 5.41) is 17.6. The summed E-state index contributed by atoms with van der Waals surface area (Å²) in [5.41, 5.74) is 5.25. The van der Waals surface area contributed by atoms with Gasteiger partial charge in [0.05, 0.1) is 11.7 Å². The Bertz CT molecular complexity index is 1560. The Labute approximate surface area is 259 Å². The SMILES string of the molecule is Cc1ccc2c(N[C@@H](CCN(CCCCc3ccc4c(n3)NCCC4)CCOc3ccc(C)nc3)C(=O)O)nc(C)nc2c1. The zero-order valence-electron chi connectivity index (χ0n) is 26.0. The maximum Gasteiger partial charge on any atom is 0.326 e. The first-order valence-electron chi connectivity index (χ1n) is 15.6. The number of fused-ring (bicyclic) bond motifs is 2. The number of carboxylic acid groups (broad SMARTS) is 1. The Kier molecular flexibility index (Phi) is 10.6. The van der Waals surface area contributed by atoms with E-state index in [1.807, 2.05) is 51.1 Å². The summed E-state index contributed by atoms with van der Waals surface area (Å²) < 4.78 is 5.97. The van der Waals surface area contributed by atoms with Gasteiger partial charge in [-0.05, 0) is 107 Å². The summed E-state index contributed by atoms with van der Waals surface area (Å²) in [6, 6.07) is 13.3. The average Bonchev–Trinajstić information content (AvgIpc) is 3.01. The van der Waals surface area contributed by atoms with E-state index in [0.29, 0.717) is 37.8 Å². The summed E-state index contributed by atoms with van der Waals surface area (Å²) in [4.78, 5) is 32.9. The van der Waals surface area contributed by atoms with Crippen molar-refractivity contribution in [2.75, 3.05) is 43.4 Å². The van der Waals surface area contributed by atoms with Crippen molar-refractivity contribution in [2.24, 2.45) is 0 Å². The van der Waals surface area contributed by atoms with Crippen LogP contribution in [0.2, 0.25) is 0 Å². The largest absolute Gasteiger partial charge is 0.491 e. The molecule has 3 aromatic heterocycles. The summed E-state index contributed by atoms with van der Waals surface area (Å²) in [6.45, 7) is 9.36. The van der Waals surface area contributed by atoms with Crippen LogP contribution in [0.15, 0.2) is 48.7 Å². The van der Waals surface area contributed by atoms with E-state index >= 15 is 0 Å². The van der Waals surface area contributed by atoms with Crippen molar-refractivity contribution in [3.8, 4) is 5.75 Å². The van der Waals surface area contributed by atoms with Gasteiger partial charge in [-0.1, -0.05) is 12.1 Å². The van der Waals surface area contributed by atoms with Crippen molar-refractivity contribution in [1.82, 2.24) is 24.8 Å². The van der Waals surface area contributed by atoms with Crippen LogP contribution in [0.4, 0.5) is 11.6 Å². The van der Waals surface area contributed by atoms with Gasteiger partial charge in [-0.2, -0.15) is 0 Å². The van der Waals surface area contributed by atoms with Crippen LogP contribution >= 0.6 is 0 Å². The fraction of sp³-hybridized carbons (Fsp3) is 0.441. The van der Waals surface area contributed by atoms with Crippen LogP contribution in [-0.4, -0.2) is 74.7 Å². The molecular weight excluding hydrogens is 554 g/mol. The molecule has 232 valence electrons. The van der Waals surface area contributed by atoms with Crippen LogP contribution in [0, 0.1) is 20.8 Å². The molecule has 0 aliphatic carbocycles. The van der Waals surface area contributed by atoms with Gasteiger partial charge in [0, 0.05) is 36.4 Å². The van der Waals surface area contributed by atoms with Gasteiger partial charge in [-0.15, -0.1) is 0 Å². The summed E-state index contributed by atoms with van der Waals surface area (Å²) in [5.74, 6) is 2.01. The monoisotopic (exact) mass is 597 g/mol. The van der Waals surface area contributed by atoms with Crippen LogP contribution < -0.4 is 15.4 Å². The number of nitrogens with one attached hydrogen (secondary N) is 2. The van der Waals surface area contributed by atoms with E-state index in [0.717, 1.165) is 84.6 Å². The maximum absolute atomic E-state index is 12.4. The lowest BCUT2D eigenvalue weighted by molar-refractivity contribution is -0.138. The van der Waals surface area contributed by atoms with E-state index in [4.69, 9.17) is 9.72 Å². The first-order valence-corrected chi connectivity index (χ1v) is 15.6. The van der Waals surface area contributed by atoms with Crippen molar-refractivity contribution < 1.29 is 14.6 Å². The molecule has 1 aliphatic heterocycles. The number of anilines is 2. The molecule has 1 aromatic carbocycles. The van der Waals surface area contributed by atoms with Crippen molar-refractivity contribution in [3.05, 3.63) is 77.0 Å². The Morgan fingerprint density at radius 1 is 1.05 bits per heavy atom. The number of hydrogen-bond donors (Lipinski definition) is 3. The van der Waals surface area contributed by atoms with Crippen molar-refractivity contribution in [1.29, 1.82) is 0 Å². The quantitative estimate of drug-likeness (QED) is 0.154. The molecule has 1 atom stereocenters. The molecule has 1 aliphatic rings. The Balaban J connectivity index is 1.20. The third-order valence-corrected chi connectivity index (χ3v) is 7.98. The minimum absolute atomic E-state index is 0.413. The summed E-state index contributed by atoms with van der Waals surface area (Å²) in [6.07, 6.45) is 7.27. The van der Waals surface area contributed by atoms with Crippen molar-refractivity contribution in [3.63, 3.8) is 0 Å². The van der Waals surface area contributed by atoms with Crippen LogP contribution in [0.1, 0.15) is 54.0 Å². The van der Waals surface area contributed by atoms with E-state index in [9.17, 15) is 9.90 Å². The van der Waals surface area contributed by atoms with Gasteiger partial charge in [0.15, 0.2) is 0 Å². The van der Waals surface area contributed by atoms with Crippen LogP contribution in [-0.2, 0) is 17.6 Å². The number of aliphatic carboxylic acids is 1. The minimum atomic E-state index is -0.907. The molecule has 0 unspecified atom stereocenters. The molecule has 0 radical (unpaired) electrons. The molecule has 4 aromatic rings. The lowest BCUT2D eigenvalue weighted by Crippen LogP contribution is -2.37. The lowest BCUT2D eigenvalue weighted by atomic mass is 10.1. The number of hydrogen-bond acceptors (Lipinski definition) is 9. The summed E-state index contributed by atoms with van der Waals surface area (Å²) >= 11 is 0. The fourth-order valence-electron chi connectivity index (χ4n) is 5.52. The van der Waals surface area contributed by atoms with E-state index in [1.54, 1.807) is 6.20 Å². The molecule has 3 N–H and O–H groups in total. The highest BCUT2D eigenvalue weighted by Gasteiger charge is 2.21. The molecule has 44 heavy (non-hydrogen) atoms. The first-order chi connectivity index (χ1) is 21.3. The molecule has 0 saturated carbocycles. The first kappa shape index (κ1) is 31.1. The van der Waals surface area contributed by atoms with Crippen LogP contribution in [0.25, 0.3) is 10.9 Å². The van der Waals surface area contributed by atoms with Crippen LogP contribution in [0.5, 0.6) is 5.75 Å². The topological polar surface area (TPSA) is 125 Å². The predicted molar refractivity (Wildman–Crippen MR) is 174 cm³/mol. The number of benzene rings is 1. The number of carbonyl (C=O) groups is 1. The number of pyridine rings is 2. The molecule has 0 bridgehead atoms. The second-order valence-electron chi connectivity index (χ2n) is 11.6. The lowest BCUT2D eigenvalue weighted by Gasteiger charge is -2.25. The highest BCUT2D eigenvalue weighted by atomic mass is 16.5. The Morgan fingerprint density at radius 2 is 1.93 bits per heavy atom. The number of ether oxygens (including phenoxy) is 1. The molecular formula is C34H43N7O3. The fourth-order valence-corrected chi connectivity index (χ4v) is 5.52. The smallest absolute Gasteiger partial charge is 0.326 e. The van der Waals surface area contributed by atoms with Crippen LogP contribution in [0.3, 0.4) is 0 Å². The highest BCUT2D eigenvalue weighted by Crippen LogP contribution is 2.23. The Morgan fingerprint density at radius 3 is 2.75 bits per heavy atom. The van der Waals surface area contributed by atoms with Gasteiger partial charge in [0.2, 0.25) is 0 Å². The van der Waals surface area contributed by atoms with Crippen molar-refractivity contribution >= 4 is 28.5 Å². The van der Waals surface area contributed by atoms with Gasteiger partial charge in [-0.3, -0.25) is 9.88 Å². The normalized spacial score (nSPS) is 13.4. The molecule has 10 nitrogen and oxygen atoms in total. The maximum atomic E-state index is 12.4. The van der Waals surface area contributed by atoms with Gasteiger partial charge < -0.3 is 20.5 Å². The van der Waals surface area contributed by atoms with E-state index in [2.05, 4.69) is 42.6 Å². The third kappa shape index (κ3) is 8.63. The van der Waals surface area contributed by atoms with E-state index in [-0.39, 0.29) is 0 Å². The molecule has 4 heterocycles. The zero-order valence-corrected chi connectivity index (χ0v) is 26.0. The molecule has 0 saturated heterocycles. The van der Waals surface area contributed by atoms with Gasteiger partial charge in [0.1, 0.15) is 35.9 Å².